The zero-order valence-electron chi connectivity index (χ0n) is 17.1. The second-order valence-corrected chi connectivity index (χ2v) is 8.75. The fourth-order valence-electron chi connectivity index (χ4n) is 5.22. The number of allylic oxidation sites excluding steroid dienone is 1. The van der Waals surface area contributed by atoms with Gasteiger partial charge < -0.3 is 19.4 Å². The summed E-state index contributed by atoms with van der Waals surface area (Å²) >= 11 is 0. The number of hydrogen-bond donors (Lipinski definition) is 0. The monoisotopic (exact) mass is 389 g/mol. The molecule has 4 rings (SSSR count). The van der Waals surface area contributed by atoms with Gasteiger partial charge in [0.15, 0.2) is 0 Å². The second-order valence-electron chi connectivity index (χ2n) is 8.75. The number of amides is 2. The van der Waals surface area contributed by atoms with Crippen LogP contribution in [0, 0.1) is 5.92 Å². The highest BCUT2D eigenvalue weighted by molar-refractivity contribution is 5.93. The largest absolute Gasteiger partial charge is 0.378 e. The van der Waals surface area contributed by atoms with Gasteiger partial charge in [0.25, 0.3) is 0 Å². The van der Waals surface area contributed by atoms with E-state index in [2.05, 4.69) is 15.9 Å². The summed E-state index contributed by atoms with van der Waals surface area (Å²) in [6.07, 6.45) is 10.7. The molecule has 1 aliphatic carbocycles. The Morgan fingerprint density at radius 3 is 2.21 bits per heavy atom. The number of carbonyl (C=O) groups is 2. The first kappa shape index (κ1) is 19.9. The number of morpholine rings is 1. The fraction of sp³-hybridized carbons (Fsp3) is 0.818. The normalized spacial score (nSPS) is 26.2. The lowest BCUT2D eigenvalue weighted by Gasteiger charge is -2.42. The molecule has 0 N–H and O–H groups in total. The van der Waals surface area contributed by atoms with Crippen LogP contribution < -0.4 is 0 Å². The van der Waals surface area contributed by atoms with E-state index in [4.69, 9.17) is 4.74 Å². The van der Waals surface area contributed by atoms with E-state index < -0.39 is 0 Å². The van der Waals surface area contributed by atoms with Crippen molar-refractivity contribution in [3.63, 3.8) is 0 Å². The van der Waals surface area contributed by atoms with Crippen LogP contribution >= 0.6 is 0 Å². The smallest absolute Gasteiger partial charge is 0.249 e. The lowest BCUT2D eigenvalue weighted by molar-refractivity contribution is -0.141. The van der Waals surface area contributed by atoms with Gasteiger partial charge in [-0.25, -0.2) is 0 Å². The average molecular weight is 390 g/mol. The molecule has 3 fully saturated rings. The van der Waals surface area contributed by atoms with Crippen LogP contribution in [0.4, 0.5) is 0 Å². The number of carbonyl (C=O) groups excluding carboxylic acids is 2. The molecule has 6 heteroatoms. The van der Waals surface area contributed by atoms with Gasteiger partial charge in [-0.1, -0.05) is 6.08 Å². The number of ether oxygens (including phenoxy) is 1. The van der Waals surface area contributed by atoms with Crippen molar-refractivity contribution in [2.75, 3.05) is 52.5 Å². The summed E-state index contributed by atoms with van der Waals surface area (Å²) in [5.41, 5.74) is 1.05. The maximum atomic E-state index is 12.7. The highest BCUT2D eigenvalue weighted by Gasteiger charge is 2.33. The van der Waals surface area contributed by atoms with Gasteiger partial charge in [-0.3, -0.25) is 9.59 Å². The molecule has 156 valence electrons. The molecule has 2 amide bonds. The third-order valence-corrected chi connectivity index (χ3v) is 7.04. The van der Waals surface area contributed by atoms with Gasteiger partial charge in [-0.15, -0.1) is 0 Å². The Labute approximate surface area is 168 Å². The van der Waals surface area contributed by atoms with Gasteiger partial charge in [-0.2, -0.15) is 0 Å². The van der Waals surface area contributed by atoms with Crippen molar-refractivity contribution in [3.05, 3.63) is 11.6 Å². The van der Waals surface area contributed by atoms with E-state index in [1.165, 1.54) is 6.42 Å². The van der Waals surface area contributed by atoms with Crippen molar-refractivity contribution in [1.82, 2.24) is 14.7 Å². The third kappa shape index (κ3) is 4.60. The molecule has 3 heterocycles. The maximum Gasteiger partial charge on any atom is 0.249 e. The van der Waals surface area contributed by atoms with E-state index in [0.717, 1.165) is 89.8 Å². The van der Waals surface area contributed by atoms with Crippen molar-refractivity contribution >= 4 is 11.8 Å². The molecule has 0 bridgehead atoms. The maximum absolute atomic E-state index is 12.7. The van der Waals surface area contributed by atoms with Crippen LogP contribution in [0.1, 0.15) is 51.4 Å². The molecule has 0 unspecified atom stereocenters. The van der Waals surface area contributed by atoms with Crippen LogP contribution in [0.25, 0.3) is 0 Å². The van der Waals surface area contributed by atoms with Crippen molar-refractivity contribution in [2.45, 2.75) is 57.4 Å². The highest BCUT2D eigenvalue weighted by atomic mass is 16.5. The summed E-state index contributed by atoms with van der Waals surface area (Å²) in [7, 11) is 0. The summed E-state index contributed by atoms with van der Waals surface area (Å²) in [6.45, 7) is 6.66. The lowest BCUT2D eigenvalue weighted by Crippen LogP contribution is -2.51. The average Bonchev–Trinajstić information content (AvgIpc) is 2.79. The quantitative estimate of drug-likeness (QED) is 0.741. The van der Waals surface area contributed by atoms with E-state index >= 15 is 0 Å². The Morgan fingerprint density at radius 1 is 0.857 bits per heavy atom. The van der Waals surface area contributed by atoms with Crippen LogP contribution in [-0.4, -0.2) is 85.0 Å². The molecule has 6 nitrogen and oxygen atoms in total. The number of piperidine rings is 2. The minimum Gasteiger partial charge on any atom is -0.378 e. The van der Waals surface area contributed by atoms with E-state index in [1.54, 1.807) is 0 Å². The predicted molar refractivity (Wildman–Crippen MR) is 108 cm³/mol. The first-order valence-corrected chi connectivity index (χ1v) is 11.3. The van der Waals surface area contributed by atoms with Crippen LogP contribution in [0.3, 0.4) is 0 Å². The molecule has 0 saturated carbocycles. The molecule has 3 saturated heterocycles. The standard InChI is InChI=1S/C22H35N3O3/c26-21(18-4-2-1-3-5-18)24-12-8-20(9-13-24)23-10-6-19(7-11-23)22(27)25-14-16-28-17-15-25/h4,19-20H,1-3,5-17H2. The van der Waals surface area contributed by atoms with Gasteiger partial charge in [0.05, 0.1) is 13.2 Å². The van der Waals surface area contributed by atoms with Gasteiger partial charge in [0, 0.05) is 43.7 Å². The summed E-state index contributed by atoms with van der Waals surface area (Å²) in [6, 6.07) is 0.573. The molecule has 0 spiro atoms. The Kier molecular flexibility index (Phi) is 6.68. The Hall–Kier alpha value is -1.40. The van der Waals surface area contributed by atoms with E-state index in [9.17, 15) is 9.59 Å². The van der Waals surface area contributed by atoms with Crippen molar-refractivity contribution in [3.8, 4) is 0 Å². The number of likely N-dealkylation sites (tertiary alicyclic amines) is 2. The zero-order chi connectivity index (χ0) is 19.3. The van der Waals surface area contributed by atoms with E-state index in [-0.39, 0.29) is 11.8 Å². The van der Waals surface area contributed by atoms with E-state index in [1.807, 2.05) is 4.90 Å². The van der Waals surface area contributed by atoms with Crippen molar-refractivity contribution in [1.29, 1.82) is 0 Å². The summed E-state index contributed by atoms with van der Waals surface area (Å²) in [5.74, 6) is 0.811. The minimum atomic E-state index is 0.189. The molecule has 0 aromatic carbocycles. The molecular formula is C22H35N3O3. The van der Waals surface area contributed by atoms with Crippen molar-refractivity contribution in [2.24, 2.45) is 5.92 Å². The minimum absolute atomic E-state index is 0.189. The molecule has 0 aromatic rings. The van der Waals surface area contributed by atoms with Crippen LogP contribution in [0.15, 0.2) is 11.6 Å². The lowest BCUT2D eigenvalue weighted by atomic mass is 9.92. The van der Waals surface area contributed by atoms with Gasteiger partial charge in [0.2, 0.25) is 11.8 Å². The summed E-state index contributed by atoms with van der Waals surface area (Å²) < 4.78 is 5.36. The molecule has 28 heavy (non-hydrogen) atoms. The number of nitrogens with zero attached hydrogens (tertiary/aromatic N) is 3. The Balaban J connectivity index is 1.21. The van der Waals surface area contributed by atoms with E-state index in [0.29, 0.717) is 25.2 Å². The first-order chi connectivity index (χ1) is 13.7. The third-order valence-electron chi connectivity index (χ3n) is 7.04. The van der Waals surface area contributed by atoms with Crippen molar-refractivity contribution < 1.29 is 14.3 Å². The molecule has 0 aromatic heterocycles. The van der Waals surface area contributed by atoms with Gasteiger partial charge in [-0.05, 0) is 64.5 Å². The molecule has 0 radical (unpaired) electrons. The van der Waals surface area contributed by atoms with Gasteiger partial charge >= 0.3 is 0 Å². The SMILES string of the molecule is O=C(C1=CCCCC1)N1CCC(N2CCC(C(=O)N3CCOCC3)CC2)CC1. The predicted octanol–water partition coefficient (Wildman–Crippen LogP) is 2.05. The topological polar surface area (TPSA) is 53.1 Å². The molecular weight excluding hydrogens is 354 g/mol. The van der Waals surface area contributed by atoms with Crippen LogP contribution in [-0.2, 0) is 14.3 Å². The Morgan fingerprint density at radius 2 is 1.57 bits per heavy atom. The second kappa shape index (κ2) is 9.40. The summed E-state index contributed by atoms with van der Waals surface area (Å²) in [4.78, 5) is 32.0. The fourth-order valence-corrected chi connectivity index (χ4v) is 5.22. The number of hydrogen-bond acceptors (Lipinski definition) is 4. The molecule has 3 aliphatic heterocycles. The Bertz CT molecular complexity index is 584. The zero-order valence-corrected chi connectivity index (χ0v) is 17.1. The van der Waals surface area contributed by atoms with Gasteiger partial charge in [0.1, 0.15) is 0 Å². The van der Waals surface area contributed by atoms with Crippen LogP contribution in [0.5, 0.6) is 0 Å². The number of rotatable bonds is 3. The molecule has 4 aliphatic rings. The first-order valence-electron chi connectivity index (χ1n) is 11.3. The van der Waals surface area contributed by atoms with Crippen LogP contribution in [0.2, 0.25) is 0 Å². The summed E-state index contributed by atoms with van der Waals surface area (Å²) in [5, 5.41) is 0. The molecule has 0 atom stereocenters. The highest BCUT2D eigenvalue weighted by Crippen LogP contribution is 2.27.